The molecule has 3 aromatic rings. The number of aryl methyl sites for hydroxylation is 1. The molecule has 3 aromatic carbocycles. The fourth-order valence-electron chi connectivity index (χ4n) is 3.38. The summed E-state index contributed by atoms with van der Waals surface area (Å²) in [7, 11) is 0. The van der Waals surface area contributed by atoms with E-state index in [9.17, 15) is 0 Å². The zero-order valence-corrected chi connectivity index (χ0v) is 17.1. The van der Waals surface area contributed by atoms with E-state index in [2.05, 4.69) is 68.5 Å². The Kier molecular flexibility index (Phi) is 6.96. The molecule has 115 valence electrons. The Labute approximate surface area is 169 Å². The molecule has 0 fully saturated rings. The molecule has 0 heterocycles. The monoisotopic (exact) mass is 417 g/mol. The molecule has 1 radical (unpaired) electrons. The van der Waals surface area contributed by atoms with Crippen molar-refractivity contribution in [3.8, 4) is 0 Å². The number of benzene rings is 2. The second kappa shape index (κ2) is 7.88. The van der Waals surface area contributed by atoms with Gasteiger partial charge >= 0.3 is 26.2 Å². The molecule has 3 heteroatoms. The molecule has 0 aliphatic heterocycles. The maximum absolute atomic E-state index is 2.35. The molecule has 0 spiro atoms. The maximum atomic E-state index is 2.35. The summed E-state index contributed by atoms with van der Waals surface area (Å²) in [5, 5.41) is 5.52. The fourth-order valence-corrected chi connectivity index (χ4v) is 3.38. The van der Waals surface area contributed by atoms with Crippen molar-refractivity contribution in [2.75, 3.05) is 0 Å². The average Bonchev–Trinajstić information content (AvgIpc) is 3.08. The molecule has 1 aliphatic carbocycles. The van der Waals surface area contributed by atoms with Crippen molar-refractivity contribution in [1.82, 2.24) is 0 Å². The summed E-state index contributed by atoms with van der Waals surface area (Å²) in [6.45, 7) is 4.48. The van der Waals surface area contributed by atoms with E-state index in [0.29, 0.717) is 0 Å². The van der Waals surface area contributed by atoms with Crippen LogP contribution in [0.25, 0.3) is 27.1 Å². The van der Waals surface area contributed by atoms with Crippen LogP contribution in [0.3, 0.4) is 0 Å². The van der Waals surface area contributed by atoms with E-state index < -0.39 is 0 Å². The van der Waals surface area contributed by atoms with Crippen LogP contribution in [0, 0.1) is 13.8 Å². The van der Waals surface area contributed by atoms with Gasteiger partial charge in [-0.05, 0) is 20.3 Å². The summed E-state index contributed by atoms with van der Waals surface area (Å²) in [5.74, 6) is 0. The minimum absolute atomic E-state index is 0. The maximum Gasteiger partial charge on any atom is 3.00 e. The number of allylic oxidation sites excluding steroid dienone is 4. The molecule has 1 aliphatic rings. The van der Waals surface area contributed by atoms with Gasteiger partial charge < -0.3 is 24.8 Å². The van der Waals surface area contributed by atoms with Crippen molar-refractivity contribution in [3.05, 3.63) is 71.3 Å². The van der Waals surface area contributed by atoms with Gasteiger partial charge in [-0.3, -0.25) is 0 Å². The van der Waals surface area contributed by atoms with Crippen LogP contribution in [0.1, 0.15) is 23.1 Å². The zero-order chi connectivity index (χ0) is 13.7. The smallest absolute Gasteiger partial charge is 1.00 e. The summed E-state index contributed by atoms with van der Waals surface area (Å²) >= 11 is 0. The molecule has 0 amide bonds. The fraction of sp³-hybridized carbons (Fsp3) is 0.150. The van der Waals surface area contributed by atoms with Crippen LogP contribution in [0.2, 0.25) is 0 Å². The van der Waals surface area contributed by atoms with Gasteiger partial charge in [0.15, 0.2) is 0 Å². The van der Waals surface area contributed by atoms with E-state index in [1.807, 2.05) is 0 Å². The largest absolute Gasteiger partial charge is 3.00 e. The second-order valence-corrected chi connectivity index (χ2v) is 5.71. The Morgan fingerprint density at radius 2 is 1.74 bits per heavy atom. The van der Waals surface area contributed by atoms with E-state index >= 15 is 0 Å². The molecule has 0 atom stereocenters. The van der Waals surface area contributed by atoms with Gasteiger partial charge in [-0.15, -0.1) is 33.7 Å². The third-order valence-electron chi connectivity index (χ3n) is 4.53. The van der Waals surface area contributed by atoms with Crippen LogP contribution in [0.5, 0.6) is 0 Å². The molecule has 4 rings (SSSR count). The van der Waals surface area contributed by atoms with Gasteiger partial charge in [0.25, 0.3) is 0 Å². The topological polar surface area (TPSA) is 0 Å². The summed E-state index contributed by atoms with van der Waals surface area (Å²) in [5.41, 5.74) is 5.70. The average molecular weight is 419 g/mol. The standard InChI is InChI=1S/C20H17.2ClH.Zr/c1-13-11-18-17-10-6-5-9-16(17)12-19(18)20(14(13)2)15-7-3-4-8-15;;;/h3-7,9-12H,8H2,1-2H3;2*1H;/q-1;;;+3/p-2. The van der Waals surface area contributed by atoms with Gasteiger partial charge in [0.2, 0.25) is 0 Å². The Morgan fingerprint density at radius 3 is 2.43 bits per heavy atom. The Bertz CT molecular complexity index is 901. The SMILES string of the molecule is Cc1cc2c([cH-]c3ccccc32)c(C2=CC=CC2)c1C.[Cl-].[Cl-].[Zr+3]. The van der Waals surface area contributed by atoms with Gasteiger partial charge in [-0.25, -0.2) is 0 Å². The van der Waals surface area contributed by atoms with Crippen LogP contribution in [-0.4, -0.2) is 0 Å². The summed E-state index contributed by atoms with van der Waals surface area (Å²) in [4.78, 5) is 0. The zero-order valence-electron chi connectivity index (χ0n) is 13.2. The molecular weight excluding hydrogens is 402 g/mol. The number of fused-ring (bicyclic) bond motifs is 3. The Balaban J connectivity index is 0.000000882. The minimum atomic E-state index is 0. The first-order valence-electron chi connectivity index (χ1n) is 7.20. The normalized spacial score (nSPS) is 12.5. The van der Waals surface area contributed by atoms with E-state index in [-0.39, 0.29) is 51.0 Å². The van der Waals surface area contributed by atoms with Crippen LogP contribution in [0.4, 0.5) is 0 Å². The van der Waals surface area contributed by atoms with E-state index in [1.165, 1.54) is 43.8 Å². The number of rotatable bonds is 1. The molecular formula is C20H17Cl2Zr. The molecule has 0 aromatic heterocycles. The van der Waals surface area contributed by atoms with Crippen molar-refractivity contribution < 1.29 is 51.0 Å². The minimum Gasteiger partial charge on any atom is -1.00 e. The molecule has 23 heavy (non-hydrogen) atoms. The van der Waals surface area contributed by atoms with Crippen molar-refractivity contribution in [2.45, 2.75) is 20.3 Å². The second-order valence-electron chi connectivity index (χ2n) is 5.71. The molecule has 0 unspecified atom stereocenters. The van der Waals surface area contributed by atoms with Crippen LogP contribution in [0.15, 0.2) is 54.6 Å². The van der Waals surface area contributed by atoms with Crippen molar-refractivity contribution >= 4 is 27.1 Å². The number of hydrogen-bond acceptors (Lipinski definition) is 0. The quantitative estimate of drug-likeness (QED) is 0.475. The van der Waals surface area contributed by atoms with Gasteiger partial charge in [0, 0.05) is 0 Å². The molecule has 0 nitrogen and oxygen atoms in total. The Hall–Kier alpha value is -0.747. The summed E-state index contributed by atoms with van der Waals surface area (Å²) in [6, 6.07) is 13.4. The van der Waals surface area contributed by atoms with E-state index in [0.717, 1.165) is 6.42 Å². The predicted molar refractivity (Wildman–Crippen MR) is 88.3 cm³/mol. The Morgan fingerprint density at radius 1 is 1.00 bits per heavy atom. The van der Waals surface area contributed by atoms with E-state index in [1.54, 1.807) is 0 Å². The van der Waals surface area contributed by atoms with Gasteiger partial charge in [0.1, 0.15) is 0 Å². The first-order chi connectivity index (χ1) is 9.75. The van der Waals surface area contributed by atoms with Gasteiger partial charge in [-0.1, -0.05) is 64.8 Å². The summed E-state index contributed by atoms with van der Waals surface area (Å²) < 4.78 is 0. The number of hydrogen-bond donors (Lipinski definition) is 0. The van der Waals surface area contributed by atoms with Crippen molar-refractivity contribution in [1.29, 1.82) is 0 Å². The molecule has 0 N–H and O–H groups in total. The van der Waals surface area contributed by atoms with Gasteiger partial charge in [0.05, 0.1) is 0 Å². The van der Waals surface area contributed by atoms with Crippen LogP contribution < -0.4 is 24.8 Å². The van der Waals surface area contributed by atoms with Crippen LogP contribution in [-0.2, 0) is 26.2 Å². The summed E-state index contributed by atoms with van der Waals surface area (Å²) in [6.07, 6.45) is 7.73. The third-order valence-corrected chi connectivity index (χ3v) is 4.53. The number of halogens is 2. The first kappa shape index (κ1) is 20.3. The van der Waals surface area contributed by atoms with Crippen molar-refractivity contribution in [3.63, 3.8) is 0 Å². The molecule has 0 saturated carbocycles. The van der Waals surface area contributed by atoms with Gasteiger partial charge in [-0.2, -0.15) is 0 Å². The molecule has 0 bridgehead atoms. The third kappa shape index (κ3) is 3.25. The van der Waals surface area contributed by atoms with Crippen LogP contribution >= 0.6 is 0 Å². The molecule has 0 saturated heterocycles. The van der Waals surface area contributed by atoms with Crippen molar-refractivity contribution in [2.24, 2.45) is 0 Å². The first-order valence-corrected chi connectivity index (χ1v) is 7.20. The van der Waals surface area contributed by atoms with E-state index in [4.69, 9.17) is 0 Å². The predicted octanol–water partition coefficient (Wildman–Crippen LogP) is -0.322.